The van der Waals surface area contributed by atoms with Crippen LogP contribution in [-0.2, 0) is 9.47 Å². The number of aromatic nitrogens is 4. The van der Waals surface area contributed by atoms with Gasteiger partial charge in [-0.3, -0.25) is 4.90 Å². The molecule has 2 aromatic heterocycles. The van der Waals surface area contributed by atoms with Crippen LogP contribution in [0.4, 0.5) is 21.1 Å². The molecule has 3 aliphatic heterocycles. The molecule has 3 aliphatic rings. The summed E-state index contributed by atoms with van der Waals surface area (Å²) in [6.07, 6.45) is 5.69. The monoisotopic (exact) mass is 643 g/mol. The van der Waals surface area contributed by atoms with Crippen molar-refractivity contribution in [1.29, 1.82) is 0 Å². The highest BCUT2D eigenvalue weighted by Gasteiger charge is 2.44. The maximum atomic E-state index is 13.3. The number of carbonyl (C=O) groups is 2. The van der Waals surface area contributed by atoms with Crippen LogP contribution in [0.1, 0.15) is 59.9 Å². The minimum absolute atomic E-state index is 0.0824. The molecule has 0 spiro atoms. The second-order valence-electron chi connectivity index (χ2n) is 14.0. The molecule has 248 valence electrons. The van der Waals surface area contributed by atoms with E-state index in [0.29, 0.717) is 61.8 Å². The molecule has 13 heteroatoms. The molecule has 0 bridgehead atoms. The highest BCUT2D eigenvalue weighted by molar-refractivity contribution is 5.93. The molecule has 2 atom stereocenters. The van der Waals surface area contributed by atoms with Crippen LogP contribution in [0, 0.1) is 0 Å². The van der Waals surface area contributed by atoms with Crippen LogP contribution < -0.4 is 14.5 Å². The molecule has 5 heterocycles. The summed E-state index contributed by atoms with van der Waals surface area (Å²) in [5.74, 6) is 0.479. The Kier molecular flexibility index (Phi) is 8.41. The quantitative estimate of drug-likeness (QED) is 0.388. The molecule has 1 saturated heterocycles. The number of hydrogen-bond acceptors (Lipinski definition) is 11. The van der Waals surface area contributed by atoms with Crippen LogP contribution in [0.15, 0.2) is 48.8 Å². The van der Waals surface area contributed by atoms with Crippen molar-refractivity contribution >= 4 is 29.3 Å². The molecule has 0 radical (unpaired) electrons. The highest BCUT2D eigenvalue weighted by atomic mass is 16.6. The first kappa shape index (κ1) is 32.0. The zero-order valence-electron chi connectivity index (χ0n) is 27.6. The predicted molar refractivity (Wildman–Crippen MR) is 175 cm³/mol. The lowest BCUT2D eigenvalue weighted by Crippen LogP contribution is -2.50. The van der Waals surface area contributed by atoms with Crippen molar-refractivity contribution in [2.45, 2.75) is 77.7 Å². The fraction of sp³-hybridized carbons (Fsp3) is 0.471. The summed E-state index contributed by atoms with van der Waals surface area (Å²) in [5, 5.41) is 19.3. The smallest absolute Gasteiger partial charge is 0.416 e. The fourth-order valence-corrected chi connectivity index (χ4v) is 5.92. The van der Waals surface area contributed by atoms with Gasteiger partial charge in [0.2, 0.25) is 0 Å². The number of anilines is 2. The van der Waals surface area contributed by atoms with E-state index >= 15 is 0 Å². The number of amides is 2. The Morgan fingerprint density at radius 1 is 0.936 bits per heavy atom. The first-order chi connectivity index (χ1) is 22.2. The first-order valence-corrected chi connectivity index (χ1v) is 15.8. The summed E-state index contributed by atoms with van der Waals surface area (Å²) in [7, 11) is 0. The van der Waals surface area contributed by atoms with Gasteiger partial charge in [-0.05, 0) is 71.7 Å². The first-order valence-electron chi connectivity index (χ1n) is 15.8. The van der Waals surface area contributed by atoms with Gasteiger partial charge in [-0.1, -0.05) is 18.2 Å². The average Bonchev–Trinajstić information content (AvgIpc) is 3.42. The number of phenols is 1. The van der Waals surface area contributed by atoms with Crippen LogP contribution >= 0.6 is 0 Å². The average molecular weight is 644 g/mol. The third kappa shape index (κ3) is 7.23. The summed E-state index contributed by atoms with van der Waals surface area (Å²) in [6, 6.07) is 8.96. The number of fused-ring (bicyclic) bond motifs is 3. The normalized spacial score (nSPS) is 19.4. The van der Waals surface area contributed by atoms with Crippen molar-refractivity contribution in [2.24, 2.45) is 0 Å². The lowest BCUT2D eigenvalue weighted by molar-refractivity contribution is 0.0270. The van der Waals surface area contributed by atoms with Gasteiger partial charge in [-0.15, -0.1) is 10.2 Å². The summed E-state index contributed by atoms with van der Waals surface area (Å²) in [6.45, 7) is 12.9. The Labute approximate surface area is 274 Å². The van der Waals surface area contributed by atoms with Crippen molar-refractivity contribution in [2.75, 3.05) is 36.0 Å². The topological polar surface area (TPSA) is 143 Å². The molecule has 2 amide bonds. The van der Waals surface area contributed by atoms with Crippen molar-refractivity contribution in [3.63, 3.8) is 0 Å². The number of carbonyl (C=O) groups excluding carboxylic acids is 2. The summed E-state index contributed by atoms with van der Waals surface area (Å²) < 4.78 is 17.5. The van der Waals surface area contributed by atoms with Gasteiger partial charge in [0.15, 0.2) is 5.82 Å². The number of nitrogens with zero attached hydrogens (tertiary/aromatic N) is 7. The van der Waals surface area contributed by atoms with Gasteiger partial charge in [0.05, 0.1) is 30.5 Å². The highest BCUT2D eigenvalue weighted by Crippen LogP contribution is 2.41. The van der Waals surface area contributed by atoms with Gasteiger partial charge >= 0.3 is 18.2 Å². The largest absolute Gasteiger partial charge is 0.507 e. The van der Waals surface area contributed by atoms with Gasteiger partial charge in [-0.2, -0.15) is 0 Å². The molecule has 13 nitrogen and oxygen atoms in total. The third-order valence-corrected chi connectivity index (χ3v) is 8.02. The van der Waals surface area contributed by atoms with Crippen LogP contribution in [0.2, 0.25) is 0 Å². The molecular weight excluding hydrogens is 602 g/mol. The molecule has 1 aromatic carbocycles. The van der Waals surface area contributed by atoms with Gasteiger partial charge in [0.1, 0.15) is 23.1 Å². The summed E-state index contributed by atoms with van der Waals surface area (Å²) in [5.41, 5.74) is 2.45. The zero-order chi connectivity index (χ0) is 33.5. The Bertz CT molecular complexity index is 1680. The Hall–Kier alpha value is -4.94. The third-order valence-electron chi connectivity index (χ3n) is 8.02. The standard InChI is InChI=1S/C34H41N7O6/c1-33(2,3)46-31(43)39-13-11-21(12-14-39)22-17-35-30(36-18-22)45-24-15-23-19-41(32(44)47-34(4,5)6)29-27(40(23)20-24)16-26(37-38-29)25-9-7-8-10-28(25)42/h7-11,16-18,23-24,42H,12-15,19-20H2,1-6H3/t23-,24+/m1/s1. The number of aromatic hydroxyl groups is 1. The van der Waals surface area contributed by atoms with Gasteiger partial charge in [0, 0.05) is 43.0 Å². The predicted octanol–water partition coefficient (Wildman–Crippen LogP) is 5.44. The van der Waals surface area contributed by atoms with Gasteiger partial charge in [0.25, 0.3) is 0 Å². The number of ether oxygens (including phenoxy) is 3. The molecule has 47 heavy (non-hydrogen) atoms. The Morgan fingerprint density at radius 2 is 1.64 bits per heavy atom. The van der Waals surface area contributed by atoms with E-state index in [1.165, 1.54) is 4.90 Å². The molecular formula is C34H41N7O6. The fourth-order valence-electron chi connectivity index (χ4n) is 5.92. The maximum absolute atomic E-state index is 13.3. The lowest BCUT2D eigenvalue weighted by atomic mass is 10.0. The van der Waals surface area contributed by atoms with Gasteiger partial charge in [-0.25, -0.2) is 19.6 Å². The Balaban J connectivity index is 1.17. The number of para-hydroxylation sites is 1. The number of hydrogen-bond donors (Lipinski definition) is 1. The molecule has 6 rings (SSSR count). The van der Waals surface area contributed by atoms with Crippen molar-refractivity contribution < 1.29 is 28.9 Å². The van der Waals surface area contributed by atoms with Crippen molar-refractivity contribution in [1.82, 2.24) is 25.1 Å². The van der Waals surface area contributed by atoms with Crippen LogP contribution in [0.25, 0.3) is 16.8 Å². The van der Waals surface area contributed by atoms with E-state index < -0.39 is 17.3 Å². The molecule has 1 fully saturated rings. The minimum Gasteiger partial charge on any atom is -0.507 e. The molecule has 1 N–H and O–H groups in total. The zero-order valence-corrected chi connectivity index (χ0v) is 27.6. The summed E-state index contributed by atoms with van der Waals surface area (Å²) >= 11 is 0. The second kappa shape index (κ2) is 12.3. The van der Waals surface area contributed by atoms with E-state index in [0.717, 1.165) is 11.1 Å². The van der Waals surface area contributed by atoms with E-state index in [2.05, 4.69) is 25.1 Å². The minimum atomic E-state index is -0.687. The van der Waals surface area contributed by atoms with Crippen LogP contribution in [0.3, 0.4) is 0 Å². The van der Waals surface area contributed by atoms with E-state index in [-0.39, 0.29) is 30.0 Å². The number of rotatable bonds is 4. The SMILES string of the molecule is CC(C)(C)OC(=O)N1CC=C(c2cnc(O[C@H]3C[C@@H]4CN(C(=O)OC(C)(C)C)c5nnc(-c6ccccc6O)cc5N4C3)nc2)CC1. The maximum Gasteiger partial charge on any atom is 0.416 e. The van der Waals surface area contributed by atoms with Crippen molar-refractivity contribution in [3.05, 3.63) is 54.4 Å². The van der Waals surface area contributed by atoms with E-state index in [1.54, 1.807) is 35.5 Å². The molecule has 3 aromatic rings. The number of benzene rings is 1. The van der Waals surface area contributed by atoms with Crippen LogP contribution in [-0.4, -0.2) is 91.9 Å². The number of phenolic OH excluding ortho intramolecular Hbond substituents is 1. The van der Waals surface area contributed by atoms with Crippen LogP contribution in [0.5, 0.6) is 11.8 Å². The molecule has 0 aliphatic carbocycles. The molecule has 0 saturated carbocycles. The van der Waals surface area contributed by atoms with E-state index in [9.17, 15) is 14.7 Å². The Morgan fingerprint density at radius 3 is 2.30 bits per heavy atom. The molecule has 0 unspecified atom stereocenters. The van der Waals surface area contributed by atoms with Gasteiger partial charge < -0.3 is 29.1 Å². The van der Waals surface area contributed by atoms with Crippen molar-refractivity contribution in [3.8, 4) is 23.0 Å². The summed E-state index contributed by atoms with van der Waals surface area (Å²) in [4.78, 5) is 40.1. The lowest BCUT2D eigenvalue weighted by Gasteiger charge is -2.39. The van der Waals surface area contributed by atoms with E-state index in [4.69, 9.17) is 14.2 Å². The van der Waals surface area contributed by atoms with E-state index in [1.807, 2.05) is 59.8 Å². The second-order valence-corrected chi connectivity index (χ2v) is 14.0.